The van der Waals surface area contributed by atoms with Crippen LogP contribution in [0.15, 0.2) is 18.2 Å². The van der Waals surface area contributed by atoms with Gasteiger partial charge in [-0.25, -0.2) is 0 Å². The third kappa shape index (κ3) is 3.79. The number of amides is 1. The first-order valence-corrected chi connectivity index (χ1v) is 6.36. The molecule has 0 atom stereocenters. The third-order valence-corrected chi connectivity index (χ3v) is 3.17. The van der Waals surface area contributed by atoms with Crippen LogP contribution in [0.25, 0.3) is 0 Å². The van der Waals surface area contributed by atoms with Crippen molar-refractivity contribution in [2.45, 2.75) is 32.4 Å². The Morgan fingerprint density at radius 3 is 2.74 bits per heavy atom. The van der Waals surface area contributed by atoms with Crippen LogP contribution in [0.3, 0.4) is 0 Å². The number of nitrogens with zero attached hydrogens (tertiary/aromatic N) is 1. The molecule has 1 heterocycles. The molecule has 0 saturated carbocycles. The summed E-state index contributed by atoms with van der Waals surface area (Å²) < 4.78 is 0. The quantitative estimate of drug-likeness (QED) is 0.849. The van der Waals surface area contributed by atoms with E-state index in [1.165, 1.54) is 11.1 Å². The number of carboxylic acid groups (broad SMARTS) is 1. The summed E-state index contributed by atoms with van der Waals surface area (Å²) in [4.78, 5) is 24.2. The molecule has 5 nitrogen and oxygen atoms in total. The standard InChI is InChI=1S/C14H18N2O3/c1-16-8-10-5-6-12(7-11(10)9-16)15-13(17)3-2-4-14(18)19/h5-7H,2-4,8-9H2,1H3,(H,15,17)(H,18,19). The molecule has 5 heteroatoms. The van der Waals surface area contributed by atoms with E-state index in [2.05, 4.69) is 17.3 Å². The number of benzene rings is 1. The Kier molecular flexibility index (Phi) is 4.16. The summed E-state index contributed by atoms with van der Waals surface area (Å²) in [5, 5.41) is 11.3. The lowest BCUT2D eigenvalue weighted by Crippen LogP contribution is -2.12. The van der Waals surface area contributed by atoms with E-state index in [0.717, 1.165) is 18.8 Å². The molecule has 2 rings (SSSR count). The maximum Gasteiger partial charge on any atom is 0.303 e. The molecular weight excluding hydrogens is 244 g/mol. The average molecular weight is 262 g/mol. The van der Waals surface area contributed by atoms with Crippen molar-refractivity contribution >= 4 is 17.6 Å². The molecule has 0 spiro atoms. The topological polar surface area (TPSA) is 69.6 Å². The van der Waals surface area contributed by atoms with Gasteiger partial charge in [-0.05, 0) is 36.7 Å². The van der Waals surface area contributed by atoms with Crippen LogP contribution < -0.4 is 5.32 Å². The molecule has 1 aromatic rings. The number of anilines is 1. The second-order valence-electron chi connectivity index (χ2n) is 4.95. The monoisotopic (exact) mass is 262 g/mol. The number of rotatable bonds is 5. The average Bonchev–Trinajstić information content (AvgIpc) is 2.67. The van der Waals surface area contributed by atoms with Gasteiger partial charge in [0.2, 0.25) is 5.91 Å². The zero-order chi connectivity index (χ0) is 13.8. The molecule has 0 aliphatic carbocycles. The van der Waals surface area contributed by atoms with Gasteiger partial charge in [0.25, 0.3) is 0 Å². The van der Waals surface area contributed by atoms with E-state index >= 15 is 0 Å². The Balaban J connectivity index is 1.88. The Bertz CT molecular complexity index is 499. The number of aliphatic carboxylic acids is 1. The zero-order valence-electron chi connectivity index (χ0n) is 11.0. The van der Waals surface area contributed by atoms with Crippen molar-refractivity contribution in [3.63, 3.8) is 0 Å². The fourth-order valence-corrected chi connectivity index (χ4v) is 2.27. The van der Waals surface area contributed by atoms with Gasteiger partial charge in [0, 0.05) is 31.6 Å². The molecule has 0 bridgehead atoms. The molecular formula is C14H18N2O3. The highest BCUT2D eigenvalue weighted by molar-refractivity contribution is 5.91. The fourth-order valence-electron chi connectivity index (χ4n) is 2.27. The highest BCUT2D eigenvalue weighted by atomic mass is 16.4. The lowest BCUT2D eigenvalue weighted by Gasteiger charge is -2.06. The minimum atomic E-state index is -0.867. The van der Waals surface area contributed by atoms with E-state index in [0.29, 0.717) is 6.42 Å². The van der Waals surface area contributed by atoms with E-state index in [9.17, 15) is 9.59 Å². The van der Waals surface area contributed by atoms with Crippen molar-refractivity contribution in [1.29, 1.82) is 0 Å². The molecule has 1 aromatic carbocycles. The molecule has 1 amide bonds. The van der Waals surface area contributed by atoms with E-state index in [-0.39, 0.29) is 18.7 Å². The molecule has 0 aromatic heterocycles. The van der Waals surface area contributed by atoms with Crippen LogP contribution in [-0.2, 0) is 22.7 Å². The van der Waals surface area contributed by atoms with Crippen LogP contribution in [0.2, 0.25) is 0 Å². The lowest BCUT2D eigenvalue weighted by molar-refractivity contribution is -0.137. The maximum atomic E-state index is 11.6. The number of hydrogen-bond acceptors (Lipinski definition) is 3. The first-order chi connectivity index (χ1) is 9.04. The Morgan fingerprint density at radius 2 is 2.00 bits per heavy atom. The zero-order valence-corrected chi connectivity index (χ0v) is 11.0. The minimum absolute atomic E-state index is 0.0302. The number of carbonyl (C=O) groups excluding carboxylic acids is 1. The van der Waals surface area contributed by atoms with Crippen LogP contribution in [0.4, 0.5) is 5.69 Å². The van der Waals surface area contributed by atoms with Crippen molar-refractivity contribution in [3.8, 4) is 0 Å². The summed E-state index contributed by atoms with van der Waals surface area (Å²) in [7, 11) is 2.06. The van der Waals surface area contributed by atoms with Crippen molar-refractivity contribution in [2.24, 2.45) is 0 Å². The summed E-state index contributed by atoms with van der Waals surface area (Å²) in [5.41, 5.74) is 3.33. The van der Waals surface area contributed by atoms with Gasteiger partial charge >= 0.3 is 5.97 Å². The predicted octanol–water partition coefficient (Wildman–Crippen LogP) is 1.83. The number of nitrogens with one attached hydrogen (secondary N) is 1. The van der Waals surface area contributed by atoms with Crippen LogP contribution in [-0.4, -0.2) is 28.9 Å². The molecule has 0 fully saturated rings. The number of carboxylic acids is 1. The first-order valence-electron chi connectivity index (χ1n) is 6.36. The second-order valence-corrected chi connectivity index (χ2v) is 4.95. The first kappa shape index (κ1) is 13.5. The van der Waals surface area contributed by atoms with Gasteiger partial charge in [0.15, 0.2) is 0 Å². The predicted molar refractivity (Wildman–Crippen MR) is 71.7 cm³/mol. The van der Waals surface area contributed by atoms with Crippen LogP contribution >= 0.6 is 0 Å². The molecule has 102 valence electrons. The third-order valence-electron chi connectivity index (χ3n) is 3.17. The molecule has 1 aliphatic heterocycles. The summed E-state index contributed by atoms with van der Waals surface area (Å²) in [6, 6.07) is 5.92. The van der Waals surface area contributed by atoms with E-state index < -0.39 is 5.97 Å². The summed E-state index contributed by atoms with van der Waals surface area (Å²) in [5.74, 6) is -0.999. The molecule has 2 N–H and O–H groups in total. The van der Waals surface area contributed by atoms with Crippen molar-refractivity contribution in [2.75, 3.05) is 12.4 Å². The molecule has 1 aliphatic rings. The van der Waals surface area contributed by atoms with Gasteiger partial charge in [-0.2, -0.15) is 0 Å². The van der Waals surface area contributed by atoms with Gasteiger partial charge < -0.3 is 10.4 Å². The van der Waals surface area contributed by atoms with Crippen LogP contribution in [0.5, 0.6) is 0 Å². The van der Waals surface area contributed by atoms with Crippen molar-refractivity contribution in [3.05, 3.63) is 29.3 Å². The summed E-state index contributed by atoms with van der Waals surface area (Å²) >= 11 is 0. The molecule has 0 radical (unpaired) electrons. The number of carbonyl (C=O) groups is 2. The van der Waals surface area contributed by atoms with Crippen molar-refractivity contribution < 1.29 is 14.7 Å². The maximum absolute atomic E-state index is 11.6. The largest absolute Gasteiger partial charge is 0.481 e. The van der Waals surface area contributed by atoms with Crippen molar-refractivity contribution in [1.82, 2.24) is 4.90 Å². The SMILES string of the molecule is CN1Cc2ccc(NC(=O)CCCC(=O)O)cc2C1. The summed E-state index contributed by atoms with van der Waals surface area (Å²) in [6.45, 7) is 1.85. The highest BCUT2D eigenvalue weighted by Gasteiger charge is 2.15. The Labute approximate surface area is 112 Å². The Hall–Kier alpha value is -1.88. The van der Waals surface area contributed by atoms with Gasteiger partial charge in [-0.15, -0.1) is 0 Å². The highest BCUT2D eigenvalue weighted by Crippen LogP contribution is 2.24. The van der Waals surface area contributed by atoms with E-state index in [4.69, 9.17) is 5.11 Å². The Morgan fingerprint density at radius 1 is 1.26 bits per heavy atom. The summed E-state index contributed by atoms with van der Waals surface area (Å²) in [6.07, 6.45) is 0.639. The lowest BCUT2D eigenvalue weighted by atomic mass is 10.1. The van der Waals surface area contributed by atoms with Gasteiger partial charge in [0.05, 0.1) is 0 Å². The van der Waals surface area contributed by atoms with E-state index in [1.54, 1.807) is 0 Å². The molecule has 19 heavy (non-hydrogen) atoms. The van der Waals surface area contributed by atoms with Crippen LogP contribution in [0, 0.1) is 0 Å². The van der Waals surface area contributed by atoms with Gasteiger partial charge in [-0.1, -0.05) is 6.07 Å². The van der Waals surface area contributed by atoms with Gasteiger partial charge in [-0.3, -0.25) is 14.5 Å². The normalized spacial score (nSPS) is 14.2. The number of hydrogen-bond donors (Lipinski definition) is 2. The van der Waals surface area contributed by atoms with E-state index in [1.807, 2.05) is 18.2 Å². The fraction of sp³-hybridized carbons (Fsp3) is 0.429. The minimum Gasteiger partial charge on any atom is -0.481 e. The molecule has 0 unspecified atom stereocenters. The second kappa shape index (κ2) is 5.84. The number of fused-ring (bicyclic) bond motifs is 1. The van der Waals surface area contributed by atoms with Gasteiger partial charge in [0.1, 0.15) is 0 Å². The van der Waals surface area contributed by atoms with Crippen LogP contribution in [0.1, 0.15) is 30.4 Å². The smallest absolute Gasteiger partial charge is 0.303 e. The molecule has 0 saturated heterocycles.